The molecule has 2 aromatic heterocycles. The molecule has 2 aliphatic rings. The minimum atomic E-state index is -0.538. The predicted molar refractivity (Wildman–Crippen MR) is 112 cm³/mol. The lowest BCUT2D eigenvalue weighted by atomic mass is 9.77. The maximum Gasteiger partial charge on any atom is 0.255 e. The fraction of sp³-hybridized carbons (Fsp3) is 0.571. The highest BCUT2D eigenvalue weighted by Gasteiger charge is 2.42. The van der Waals surface area contributed by atoms with Crippen molar-refractivity contribution in [3.63, 3.8) is 0 Å². The molecule has 0 bridgehead atoms. The zero-order chi connectivity index (χ0) is 20.5. The molecular formula is C21H28ClN5O2. The molecule has 156 valence electrons. The first-order valence-electron chi connectivity index (χ1n) is 10.3. The summed E-state index contributed by atoms with van der Waals surface area (Å²) in [4.78, 5) is 19.5. The summed E-state index contributed by atoms with van der Waals surface area (Å²) in [6, 6.07) is 3.55. The van der Waals surface area contributed by atoms with Crippen molar-refractivity contribution in [1.29, 1.82) is 0 Å². The summed E-state index contributed by atoms with van der Waals surface area (Å²) in [5, 5.41) is 18.7. The SMILES string of the molecule is CCCn1ncc(C(=O)N[C@H]2C[C@H]3CN(c4ccc(Cl)cn4)C[C@H]3C[C@@H]2O)c1C. The number of pyridine rings is 1. The summed E-state index contributed by atoms with van der Waals surface area (Å²) < 4.78 is 1.86. The van der Waals surface area contributed by atoms with Gasteiger partial charge in [0.2, 0.25) is 0 Å². The molecule has 7 nitrogen and oxygen atoms in total. The molecule has 8 heteroatoms. The monoisotopic (exact) mass is 417 g/mol. The number of aromatic nitrogens is 3. The Balaban J connectivity index is 1.40. The van der Waals surface area contributed by atoms with Crippen molar-refractivity contribution >= 4 is 23.3 Å². The van der Waals surface area contributed by atoms with E-state index >= 15 is 0 Å². The Morgan fingerprint density at radius 2 is 2.03 bits per heavy atom. The van der Waals surface area contributed by atoms with Crippen LogP contribution in [0.4, 0.5) is 5.82 Å². The van der Waals surface area contributed by atoms with Crippen LogP contribution in [0.15, 0.2) is 24.5 Å². The fourth-order valence-electron chi connectivity index (χ4n) is 4.68. The average Bonchev–Trinajstić information content (AvgIpc) is 3.26. The highest BCUT2D eigenvalue weighted by molar-refractivity contribution is 6.30. The highest BCUT2D eigenvalue weighted by Crippen LogP contribution is 2.38. The highest BCUT2D eigenvalue weighted by atomic mass is 35.5. The number of hydrogen-bond acceptors (Lipinski definition) is 5. The molecule has 2 fully saturated rings. The number of carbonyl (C=O) groups excluding carboxylic acids is 1. The van der Waals surface area contributed by atoms with Crippen LogP contribution in [-0.4, -0.2) is 51.0 Å². The van der Waals surface area contributed by atoms with Crippen LogP contribution >= 0.6 is 11.6 Å². The predicted octanol–water partition coefficient (Wildman–Crippen LogP) is 2.66. The van der Waals surface area contributed by atoms with Crippen molar-refractivity contribution in [3.05, 3.63) is 40.8 Å². The Bertz CT molecular complexity index is 868. The first-order valence-corrected chi connectivity index (χ1v) is 10.7. The normalized spacial score (nSPS) is 26.4. The number of rotatable bonds is 5. The van der Waals surface area contributed by atoms with Crippen molar-refractivity contribution in [1.82, 2.24) is 20.1 Å². The van der Waals surface area contributed by atoms with Crippen molar-refractivity contribution in [2.45, 2.75) is 51.8 Å². The van der Waals surface area contributed by atoms with Gasteiger partial charge in [0.15, 0.2) is 0 Å². The minimum absolute atomic E-state index is 0.151. The van der Waals surface area contributed by atoms with Gasteiger partial charge in [-0.15, -0.1) is 0 Å². The second-order valence-corrected chi connectivity index (χ2v) is 8.68. The lowest BCUT2D eigenvalue weighted by Crippen LogP contribution is -2.49. The Kier molecular flexibility index (Phi) is 5.79. The minimum Gasteiger partial charge on any atom is -0.391 e. The number of hydrogen-bond donors (Lipinski definition) is 2. The van der Waals surface area contributed by atoms with E-state index in [2.05, 4.69) is 27.2 Å². The van der Waals surface area contributed by atoms with E-state index in [-0.39, 0.29) is 11.9 Å². The van der Waals surface area contributed by atoms with E-state index in [0.29, 0.717) is 28.8 Å². The third-order valence-corrected chi connectivity index (χ3v) is 6.50. The van der Waals surface area contributed by atoms with Crippen LogP contribution in [0.3, 0.4) is 0 Å². The summed E-state index contributed by atoms with van der Waals surface area (Å²) >= 11 is 5.95. The van der Waals surface area contributed by atoms with E-state index in [1.807, 2.05) is 23.7 Å². The second kappa shape index (κ2) is 8.32. The van der Waals surface area contributed by atoms with Crippen molar-refractivity contribution in [2.24, 2.45) is 11.8 Å². The van der Waals surface area contributed by atoms with E-state index in [0.717, 1.165) is 44.0 Å². The number of nitrogens with one attached hydrogen (secondary N) is 1. The van der Waals surface area contributed by atoms with Gasteiger partial charge >= 0.3 is 0 Å². The molecule has 1 aliphatic heterocycles. The average molecular weight is 418 g/mol. The quantitative estimate of drug-likeness (QED) is 0.781. The third kappa shape index (κ3) is 4.12. The van der Waals surface area contributed by atoms with Crippen LogP contribution < -0.4 is 10.2 Å². The molecule has 2 aromatic rings. The molecule has 0 spiro atoms. The van der Waals surface area contributed by atoms with Gasteiger partial charge in [0.1, 0.15) is 5.82 Å². The number of fused-ring (bicyclic) bond motifs is 1. The van der Waals surface area contributed by atoms with E-state index in [4.69, 9.17) is 11.6 Å². The van der Waals surface area contributed by atoms with Crippen LogP contribution in [0, 0.1) is 18.8 Å². The van der Waals surface area contributed by atoms with Crippen molar-refractivity contribution < 1.29 is 9.90 Å². The number of amides is 1. The molecule has 3 heterocycles. The second-order valence-electron chi connectivity index (χ2n) is 8.25. The van der Waals surface area contributed by atoms with E-state index in [9.17, 15) is 9.90 Å². The summed E-state index contributed by atoms with van der Waals surface area (Å²) in [5.41, 5.74) is 1.46. The lowest BCUT2D eigenvalue weighted by molar-refractivity contribution is 0.0462. The Morgan fingerprint density at radius 3 is 2.72 bits per heavy atom. The van der Waals surface area contributed by atoms with Crippen molar-refractivity contribution in [3.8, 4) is 0 Å². The fourth-order valence-corrected chi connectivity index (χ4v) is 4.79. The maximum absolute atomic E-state index is 12.8. The number of aliphatic hydroxyl groups is 1. The van der Waals surface area contributed by atoms with Gasteiger partial charge in [-0.25, -0.2) is 4.98 Å². The van der Waals surface area contributed by atoms with Gasteiger partial charge in [-0.3, -0.25) is 9.48 Å². The Labute approximate surface area is 176 Å². The van der Waals surface area contributed by atoms with Gasteiger partial charge in [0, 0.05) is 31.5 Å². The van der Waals surface area contributed by atoms with Gasteiger partial charge in [0.25, 0.3) is 5.91 Å². The smallest absolute Gasteiger partial charge is 0.255 e. The summed E-state index contributed by atoms with van der Waals surface area (Å²) in [6.07, 6.45) is 5.17. The summed E-state index contributed by atoms with van der Waals surface area (Å²) in [7, 11) is 0. The van der Waals surface area contributed by atoms with E-state index < -0.39 is 6.10 Å². The van der Waals surface area contributed by atoms with Gasteiger partial charge in [-0.2, -0.15) is 5.10 Å². The molecule has 1 amide bonds. The van der Waals surface area contributed by atoms with Gasteiger partial charge in [-0.1, -0.05) is 18.5 Å². The van der Waals surface area contributed by atoms with Crippen LogP contribution in [0.5, 0.6) is 0 Å². The molecule has 4 rings (SSSR count). The first kappa shape index (κ1) is 20.2. The third-order valence-electron chi connectivity index (χ3n) is 6.28. The Morgan fingerprint density at radius 1 is 1.28 bits per heavy atom. The topological polar surface area (TPSA) is 83.3 Å². The largest absolute Gasteiger partial charge is 0.391 e. The van der Waals surface area contributed by atoms with E-state index in [1.54, 1.807) is 12.4 Å². The summed E-state index contributed by atoms with van der Waals surface area (Å²) in [6.45, 7) is 6.55. The molecule has 0 radical (unpaired) electrons. The molecule has 2 N–H and O–H groups in total. The van der Waals surface area contributed by atoms with Gasteiger partial charge in [0.05, 0.1) is 28.9 Å². The molecule has 1 saturated carbocycles. The number of aryl methyl sites for hydroxylation is 1. The zero-order valence-electron chi connectivity index (χ0n) is 16.9. The molecule has 1 saturated heterocycles. The lowest BCUT2D eigenvalue weighted by Gasteiger charge is -2.35. The first-order chi connectivity index (χ1) is 14.0. The van der Waals surface area contributed by atoms with Gasteiger partial charge in [-0.05, 0) is 50.2 Å². The van der Waals surface area contributed by atoms with Crippen LogP contribution in [0.1, 0.15) is 42.2 Å². The molecular weight excluding hydrogens is 390 g/mol. The molecule has 4 atom stereocenters. The number of anilines is 1. The molecule has 0 aromatic carbocycles. The van der Waals surface area contributed by atoms with Crippen LogP contribution in [0.2, 0.25) is 5.02 Å². The number of aliphatic hydroxyl groups excluding tert-OH is 1. The zero-order valence-corrected chi connectivity index (χ0v) is 17.6. The van der Waals surface area contributed by atoms with E-state index in [1.165, 1.54) is 0 Å². The number of carbonyl (C=O) groups is 1. The standard InChI is InChI=1S/C21H28ClN5O2/c1-3-6-27-13(2)17(10-24-27)21(29)25-18-7-14-11-26(12-15(14)8-19(18)28)20-5-4-16(22)9-23-20/h4-5,9-10,14-15,18-19,28H,3,6-8,11-12H2,1-2H3,(H,25,29)/t14-,15+,18-,19-/m0/s1. The summed E-state index contributed by atoms with van der Waals surface area (Å²) in [5.74, 6) is 1.59. The molecule has 29 heavy (non-hydrogen) atoms. The maximum atomic E-state index is 12.8. The molecule has 1 aliphatic carbocycles. The molecule has 0 unspecified atom stereocenters. The van der Waals surface area contributed by atoms with Crippen LogP contribution in [-0.2, 0) is 6.54 Å². The number of halogens is 1. The van der Waals surface area contributed by atoms with Gasteiger partial charge < -0.3 is 15.3 Å². The van der Waals surface area contributed by atoms with Crippen LogP contribution in [0.25, 0.3) is 0 Å². The Hall–Kier alpha value is -2.12. The number of nitrogens with zero attached hydrogens (tertiary/aromatic N) is 4. The van der Waals surface area contributed by atoms with Crippen molar-refractivity contribution in [2.75, 3.05) is 18.0 Å².